The van der Waals surface area contributed by atoms with Crippen LogP contribution in [0.15, 0.2) is 152 Å². The molecule has 3 heteroatoms. The highest BCUT2D eigenvalue weighted by atomic mass is 31.1. The van der Waals surface area contributed by atoms with Crippen molar-refractivity contribution in [1.29, 1.82) is 0 Å². The summed E-state index contributed by atoms with van der Waals surface area (Å²) in [5.41, 5.74) is 5.67. The molecule has 0 spiro atoms. The van der Waals surface area contributed by atoms with Crippen LogP contribution in [0, 0.1) is 5.82 Å². The summed E-state index contributed by atoms with van der Waals surface area (Å²) in [6, 6.07) is 54.3. The van der Waals surface area contributed by atoms with Crippen LogP contribution in [0.4, 0.5) is 4.39 Å². The maximum atomic E-state index is 14.1. The van der Waals surface area contributed by atoms with E-state index in [1.807, 2.05) is 12.1 Å². The molecule has 0 unspecified atom stereocenters. The largest absolute Gasteiger partial charge is 0.207 e. The van der Waals surface area contributed by atoms with E-state index >= 15 is 0 Å². The maximum absolute atomic E-state index is 14.1. The third kappa shape index (κ3) is 4.72. The molecule has 0 aromatic heterocycles. The number of hydrogen-bond acceptors (Lipinski definition) is 0. The Morgan fingerprint density at radius 2 is 0.977 bits per heavy atom. The molecule has 0 amide bonds. The molecule has 0 saturated heterocycles. The third-order valence-corrected chi connectivity index (χ3v) is 14.2. The van der Waals surface area contributed by atoms with Gasteiger partial charge in [0.25, 0.3) is 0 Å². The van der Waals surface area contributed by atoms with Crippen LogP contribution < -0.4 is 20.9 Å². The normalized spacial score (nSPS) is 13.2. The summed E-state index contributed by atoms with van der Waals surface area (Å²) in [5.74, 6) is -0.188. The van der Waals surface area contributed by atoms with Gasteiger partial charge in [-0.2, -0.15) is 0 Å². The number of rotatable bonds is 4. The molecule has 8 rings (SSSR count). The zero-order chi connectivity index (χ0) is 28.8. The summed E-state index contributed by atoms with van der Waals surface area (Å²) in [4.78, 5) is 0. The van der Waals surface area contributed by atoms with Gasteiger partial charge in [-0.1, -0.05) is 158 Å². The SMILES string of the molecule is Fc1ccc([Si](c2ccccc2)c2ccccc2P2Cc3ccc4ccccc4c3-c3c(ccc4ccccc34)C2)cc1. The van der Waals surface area contributed by atoms with E-state index in [2.05, 4.69) is 127 Å². The van der Waals surface area contributed by atoms with Gasteiger partial charge in [-0.15, -0.1) is 0 Å². The lowest BCUT2D eigenvalue weighted by atomic mass is 9.88. The lowest BCUT2D eigenvalue weighted by Crippen LogP contribution is -2.56. The molecule has 0 bridgehead atoms. The van der Waals surface area contributed by atoms with E-state index in [1.165, 1.54) is 64.7 Å². The Morgan fingerprint density at radius 1 is 0.465 bits per heavy atom. The summed E-state index contributed by atoms with van der Waals surface area (Å²) in [6.07, 6.45) is 2.06. The Hall–Kier alpha value is -4.36. The molecule has 1 aliphatic heterocycles. The first kappa shape index (κ1) is 26.3. The number of fused-ring (bicyclic) bond motifs is 7. The van der Waals surface area contributed by atoms with E-state index in [4.69, 9.17) is 0 Å². The van der Waals surface area contributed by atoms with E-state index < -0.39 is 16.7 Å². The van der Waals surface area contributed by atoms with Gasteiger partial charge in [0.15, 0.2) is 8.80 Å². The molecule has 0 saturated carbocycles. The molecule has 0 fully saturated rings. The molecule has 7 aromatic carbocycles. The van der Waals surface area contributed by atoms with Crippen LogP contribution in [-0.2, 0) is 12.3 Å². The molecular weight excluding hydrogens is 558 g/mol. The van der Waals surface area contributed by atoms with E-state index in [0.29, 0.717) is 0 Å². The van der Waals surface area contributed by atoms with Crippen molar-refractivity contribution in [3.63, 3.8) is 0 Å². The second-order valence-electron chi connectivity index (χ2n) is 11.3. The summed E-state index contributed by atoms with van der Waals surface area (Å²) in [5, 5.41) is 10.7. The van der Waals surface area contributed by atoms with Gasteiger partial charge < -0.3 is 0 Å². The van der Waals surface area contributed by atoms with Gasteiger partial charge in [0, 0.05) is 0 Å². The van der Waals surface area contributed by atoms with Crippen molar-refractivity contribution in [3.8, 4) is 11.1 Å². The summed E-state index contributed by atoms with van der Waals surface area (Å²) in [6.45, 7) is 0. The Bertz CT molecular complexity index is 2020. The Morgan fingerprint density at radius 3 is 1.60 bits per heavy atom. The molecule has 1 radical (unpaired) electrons. The van der Waals surface area contributed by atoms with E-state index in [9.17, 15) is 4.39 Å². The fraction of sp³-hybridized carbons (Fsp3) is 0.0500. The minimum atomic E-state index is -1.36. The number of hydrogen-bond donors (Lipinski definition) is 0. The molecule has 0 aliphatic carbocycles. The monoisotopic (exact) mass is 587 g/mol. The van der Waals surface area contributed by atoms with Crippen molar-refractivity contribution in [1.82, 2.24) is 0 Å². The summed E-state index contributed by atoms with van der Waals surface area (Å²) >= 11 is 0. The van der Waals surface area contributed by atoms with Crippen molar-refractivity contribution >= 4 is 59.1 Å². The molecule has 205 valence electrons. The van der Waals surface area contributed by atoms with Gasteiger partial charge >= 0.3 is 0 Å². The zero-order valence-corrected chi connectivity index (χ0v) is 25.6. The lowest BCUT2D eigenvalue weighted by Gasteiger charge is -2.25. The van der Waals surface area contributed by atoms with E-state index in [0.717, 1.165) is 12.3 Å². The number of benzene rings is 7. The van der Waals surface area contributed by atoms with E-state index in [-0.39, 0.29) is 5.82 Å². The van der Waals surface area contributed by atoms with Gasteiger partial charge in [0.05, 0.1) is 0 Å². The van der Waals surface area contributed by atoms with Crippen LogP contribution >= 0.6 is 7.92 Å². The van der Waals surface area contributed by atoms with Gasteiger partial charge in [-0.3, -0.25) is 0 Å². The predicted octanol–water partition coefficient (Wildman–Crippen LogP) is 8.14. The summed E-state index contributed by atoms with van der Waals surface area (Å²) < 4.78 is 14.1. The Labute approximate surface area is 254 Å². The Balaban J connectivity index is 1.36. The average molecular weight is 588 g/mol. The van der Waals surface area contributed by atoms with Crippen molar-refractivity contribution in [3.05, 3.63) is 169 Å². The molecule has 7 aromatic rings. The van der Waals surface area contributed by atoms with Crippen LogP contribution in [0.25, 0.3) is 32.7 Å². The summed E-state index contributed by atoms with van der Waals surface area (Å²) in [7, 11) is -1.92. The molecule has 0 nitrogen and oxygen atoms in total. The van der Waals surface area contributed by atoms with Crippen LogP contribution in [0.3, 0.4) is 0 Å². The highest BCUT2D eigenvalue weighted by Gasteiger charge is 2.29. The van der Waals surface area contributed by atoms with E-state index in [1.54, 1.807) is 12.1 Å². The van der Waals surface area contributed by atoms with Gasteiger partial charge in [-0.25, -0.2) is 4.39 Å². The smallest absolute Gasteiger partial charge is 0.155 e. The van der Waals surface area contributed by atoms with Crippen molar-refractivity contribution < 1.29 is 4.39 Å². The first-order chi connectivity index (χ1) is 21.2. The van der Waals surface area contributed by atoms with Crippen molar-refractivity contribution in [2.75, 3.05) is 0 Å². The molecule has 0 atom stereocenters. The van der Waals surface area contributed by atoms with Crippen molar-refractivity contribution in [2.45, 2.75) is 12.3 Å². The second kappa shape index (κ2) is 11.0. The standard InChI is InChI=1S/C40H29FPSi/c41-32-22-24-34(25-23-32)43(33-12-2-1-3-13-33)38-17-9-8-16-37(38)42-26-30-20-18-28-10-4-6-14-35(28)39(30)40-31(27-42)21-19-29-11-5-7-15-36(29)40/h1-25H,26-27H2. The molecule has 1 heterocycles. The third-order valence-electron chi connectivity index (χ3n) is 8.71. The fourth-order valence-electron chi connectivity index (χ4n) is 6.78. The quantitative estimate of drug-likeness (QED) is 0.111. The topological polar surface area (TPSA) is 0 Å². The maximum Gasteiger partial charge on any atom is 0.155 e. The minimum absolute atomic E-state index is 0.188. The van der Waals surface area contributed by atoms with Crippen LogP contribution in [0.2, 0.25) is 0 Å². The van der Waals surface area contributed by atoms with Gasteiger partial charge in [-0.05, 0) is 78.7 Å². The predicted molar refractivity (Wildman–Crippen MR) is 185 cm³/mol. The van der Waals surface area contributed by atoms with Gasteiger partial charge in [0.2, 0.25) is 0 Å². The molecule has 43 heavy (non-hydrogen) atoms. The highest BCUT2D eigenvalue weighted by molar-refractivity contribution is 7.64. The highest BCUT2D eigenvalue weighted by Crippen LogP contribution is 2.52. The lowest BCUT2D eigenvalue weighted by molar-refractivity contribution is 0.628. The van der Waals surface area contributed by atoms with Crippen molar-refractivity contribution in [2.24, 2.45) is 0 Å². The molecule has 0 N–H and O–H groups in total. The molecule has 1 aliphatic rings. The fourth-order valence-corrected chi connectivity index (χ4v) is 12.7. The van der Waals surface area contributed by atoms with Crippen LogP contribution in [-0.4, -0.2) is 8.80 Å². The van der Waals surface area contributed by atoms with Crippen LogP contribution in [0.1, 0.15) is 11.1 Å². The Kier molecular flexibility index (Phi) is 6.75. The number of halogens is 1. The molecular formula is C40H29FPSi. The van der Waals surface area contributed by atoms with Crippen LogP contribution in [0.5, 0.6) is 0 Å². The van der Waals surface area contributed by atoms with Gasteiger partial charge in [0.1, 0.15) is 5.82 Å². The first-order valence-corrected chi connectivity index (χ1v) is 18.0. The minimum Gasteiger partial charge on any atom is -0.207 e. The zero-order valence-electron chi connectivity index (χ0n) is 23.7. The average Bonchev–Trinajstić information content (AvgIpc) is 3.24. The first-order valence-electron chi connectivity index (χ1n) is 14.8. The second-order valence-corrected chi connectivity index (χ2v) is 15.9.